The van der Waals surface area contributed by atoms with E-state index in [0.29, 0.717) is 0 Å². The summed E-state index contributed by atoms with van der Waals surface area (Å²) in [6, 6.07) is 0. The molecule has 0 aliphatic rings. The third kappa shape index (κ3) is 4.12. The number of hydrogen-bond acceptors (Lipinski definition) is 5. The molecule has 0 saturated heterocycles. The first-order valence-electron chi connectivity index (χ1n) is 5.66. The zero-order valence-electron chi connectivity index (χ0n) is 10.9. The molecule has 0 aliphatic heterocycles. The number of aromatic nitrogens is 2. The second-order valence-electron chi connectivity index (χ2n) is 4.12. The average Bonchev–Trinajstić information content (AvgIpc) is 2.29. The first-order chi connectivity index (χ1) is 8.06. The zero-order valence-corrected chi connectivity index (χ0v) is 12.5. The summed E-state index contributed by atoms with van der Waals surface area (Å²) < 4.78 is 0.920. The Morgan fingerprint density at radius 1 is 1.24 bits per heavy atom. The lowest BCUT2D eigenvalue weighted by molar-refractivity contribution is 0.416. The topological polar surface area (TPSA) is 44.3 Å². The van der Waals surface area contributed by atoms with E-state index in [0.717, 1.165) is 35.7 Å². The van der Waals surface area contributed by atoms with Crippen molar-refractivity contribution in [2.45, 2.75) is 6.92 Å². The first-order valence-corrected chi connectivity index (χ1v) is 6.45. The molecule has 0 spiro atoms. The maximum absolute atomic E-state index is 4.31. The molecule has 1 aromatic heterocycles. The van der Waals surface area contributed by atoms with Crippen molar-refractivity contribution >= 4 is 27.6 Å². The number of likely N-dealkylation sites (N-methyl/N-ethyl adjacent to an activating group) is 2. The monoisotopic (exact) mass is 301 g/mol. The highest BCUT2D eigenvalue weighted by Crippen LogP contribution is 2.28. The van der Waals surface area contributed by atoms with Gasteiger partial charge in [0.1, 0.15) is 22.4 Å². The van der Waals surface area contributed by atoms with Gasteiger partial charge < -0.3 is 15.1 Å². The number of nitrogens with one attached hydrogen (secondary N) is 1. The van der Waals surface area contributed by atoms with Crippen LogP contribution in [-0.4, -0.2) is 55.6 Å². The van der Waals surface area contributed by atoms with Crippen LogP contribution in [0.15, 0.2) is 10.8 Å². The SMILES string of the molecule is CCNc1ncnc(N(C)CCN(C)C)c1Br. The smallest absolute Gasteiger partial charge is 0.148 e. The molecule has 0 aliphatic carbocycles. The lowest BCUT2D eigenvalue weighted by Gasteiger charge is -2.22. The molecule has 0 unspecified atom stereocenters. The molecule has 0 atom stereocenters. The van der Waals surface area contributed by atoms with E-state index >= 15 is 0 Å². The van der Waals surface area contributed by atoms with E-state index in [-0.39, 0.29) is 0 Å². The summed E-state index contributed by atoms with van der Waals surface area (Å²) in [4.78, 5) is 12.8. The Labute approximate surface area is 111 Å². The Morgan fingerprint density at radius 3 is 2.53 bits per heavy atom. The quantitative estimate of drug-likeness (QED) is 0.866. The summed E-state index contributed by atoms with van der Waals surface area (Å²) in [5.74, 6) is 1.76. The van der Waals surface area contributed by atoms with Gasteiger partial charge in [0.2, 0.25) is 0 Å². The minimum Gasteiger partial charge on any atom is -0.369 e. The summed E-state index contributed by atoms with van der Waals surface area (Å²) in [6.45, 7) is 4.80. The first kappa shape index (κ1) is 14.2. The van der Waals surface area contributed by atoms with Crippen molar-refractivity contribution < 1.29 is 0 Å². The highest BCUT2D eigenvalue weighted by molar-refractivity contribution is 9.10. The van der Waals surface area contributed by atoms with Gasteiger partial charge in [0.25, 0.3) is 0 Å². The standard InChI is InChI=1S/C11H20BrN5/c1-5-13-10-9(12)11(15-8-14-10)17(4)7-6-16(2)3/h8H,5-7H2,1-4H3,(H,13,14,15). The van der Waals surface area contributed by atoms with Gasteiger partial charge in [-0.3, -0.25) is 0 Å². The van der Waals surface area contributed by atoms with Crippen LogP contribution in [0.2, 0.25) is 0 Å². The van der Waals surface area contributed by atoms with Crippen LogP contribution in [-0.2, 0) is 0 Å². The minimum absolute atomic E-state index is 0.842. The van der Waals surface area contributed by atoms with Crippen LogP contribution < -0.4 is 10.2 Å². The van der Waals surface area contributed by atoms with Gasteiger partial charge in [-0.05, 0) is 36.9 Å². The Morgan fingerprint density at radius 2 is 1.94 bits per heavy atom. The number of hydrogen-bond donors (Lipinski definition) is 1. The van der Waals surface area contributed by atoms with Crippen molar-refractivity contribution in [3.05, 3.63) is 10.8 Å². The number of anilines is 2. The van der Waals surface area contributed by atoms with Crippen molar-refractivity contribution in [3.63, 3.8) is 0 Å². The van der Waals surface area contributed by atoms with Crippen LogP contribution in [0.3, 0.4) is 0 Å². The molecule has 0 fully saturated rings. The van der Waals surface area contributed by atoms with Crippen LogP contribution in [0.5, 0.6) is 0 Å². The highest BCUT2D eigenvalue weighted by atomic mass is 79.9. The maximum atomic E-state index is 4.31. The minimum atomic E-state index is 0.842. The summed E-state index contributed by atoms with van der Waals surface area (Å²) >= 11 is 3.55. The number of rotatable bonds is 6. The Kier molecular flexibility index (Phi) is 5.64. The highest BCUT2D eigenvalue weighted by Gasteiger charge is 2.11. The molecule has 5 nitrogen and oxygen atoms in total. The molecule has 0 radical (unpaired) electrons. The normalized spacial score (nSPS) is 10.7. The van der Waals surface area contributed by atoms with Gasteiger partial charge in [-0.1, -0.05) is 0 Å². The molecule has 1 rings (SSSR count). The second-order valence-corrected chi connectivity index (χ2v) is 4.91. The van der Waals surface area contributed by atoms with Gasteiger partial charge in [0.15, 0.2) is 0 Å². The van der Waals surface area contributed by atoms with E-state index in [1.54, 1.807) is 6.33 Å². The molecule has 0 bridgehead atoms. The molecule has 17 heavy (non-hydrogen) atoms. The van der Waals surface area contributed by atoms with Crippen LogP contribution >= 0.6 is 15.9 Å². The Bertz CT molecular complexity index is 356. The van der Waals surface area contributed by atoms with Crippen molar-refractivity contribution in [1.29, 1.82) is 0 Å². The molecule has 96 valence electrons. The third-order valence-electron chi connectivity index (χ3n) is 2.36. The zero-order chi connectivity index (χ0) is 12.8. The van der Waals surface area contributed by atoms with E-state index in [2.05, 4.69) is 55.1 Å². The lowest BCUT2D eigenvalue weighted by Crippen LogP contribution is -2.29. The molecule has 0 amide bonds. The molecule has 1 N–H and O–H groups in total. The van der Waals surface area contributed by atoms with Gasteiger partial charge in [0.05, 0.1) is 0 Å². The Balaban J connectivity index is 2.78. The molecular formula is C11H20BrN5. The maximum Gasteiger partial charge on any atom is 0.148 e. The molecular weight excluding hydrogens is 282 g/mol. The third-order valence-corrected chi connectivity index (χ3v) is 3.09. The second kappa shape index (κ2) is 6.76. The number of halogens is 1. The van der Waals surface area contributed by atoms with Gasteiger partial charge >= 0.3 is 0 Å². The largest absolute Gasteiger partial charge is 0.369 e. The summed E-state index contributed by atoms with van der Waals surface area (Å²) in [7, 11) is 6.16. The van der Waals surface area contributed by atoms with E-state index in [9.17, 15) is 0 Å². The average molecular weight is 302 g/mol. The fourth-order valence-electron chi connectivity index (χ4n) is 1.37. The summed E-state index contributed by atoms with van der Waals surface area (Å²) in [5, 5.41) is 3.20. The Hall–Kier alpha value is -0.880. The van der Waals surface area contributed by atoms with Crippen LogP contribution in [0.1, 0.15) is 6.92 Å². The van der Waals surface area contributed by atoms with Crippen molar-refractivity contribution in [2.24, 2.45) is 0 Å². The van der Waals surface area contributed by atoms with E-state index in [4.69, 9.17) is 0 Å². The predicted octanol–water partition coefficient (Wildman–Crippen LogP) is 1.67. The summed E-state index contributed by atoms with van der Waals surface area (Å²) in [6.07, 6.45) is 1.59. The lowest BCUT2D eigenvalue weighted by atomic mass is 10.4. The van der Waals surface area contributed by atoms with Gasteiger partial charge in [-0.2, -0.15) is 0 Å². The fourth-order valence-corrected chi connectivity index (χ4v) is 2.02. The van der Waals surface area contributed by atoms with E-state index < -0.39 is 0 Å². The van der Waals surface area contributed by atoms with Crippen molar-refractivity contribution in [2.75, 3.05) is 51.0 Å². The number of nitrogens with zero attached hydrogens (tertiary/aromatic N) is 4. The molecule has 1 heterocycles. The molecule has 0 saturated carbocycles. The van der Waals surface area contributed by atoms with Gasteiger partial charge in [0, 0.05) is 26.7 Å². The van der Waals surface area contributed by atoms with Crippen LogP contribution in [0, 0.1) is 0 Å². The van der Waals surface area contributed by atoms with Crippen LogP contribution in [0.4, 0.5) is 11.6 Å². The molecule has 6 heteroatoms. The predicted molar refractivity (Wildman–Crippen MR) is 75.7 cm³/mol. The van der Waals surface area contributed by atoms with Crippen molar-refractivity contribution in [3.8, 4) is 0 Å². The van der Waals surface area contributed by atoms with Crippen LogP contribution in [0.25, 0.3) is 0 Å². The van der Waals surface area contributed by atoms with Gasteiger partial charge in [-0.25, -0.2) is 9.97 Å². The van der Waals surface area contributed by atoms with Crippen molar-refractivity contribution in [1.82, 2.24) is 14.9 Å². The van der Waals surface area contributed by atoms with E-state index in [1.807, 2.05) is 14.0 Å². The van der Waals surface area contributed by atoms with Gasteiger partial charge in [-0.15, -0.1) is 0 Å². The van der Waals surface area contributed by atoms with E-state index in [1.165, 1.54) is 0 Å². The fraction of sp³-hybridized carbons (Fsp3) is 0.636. The summed E-state index contributed by atoms with van der Waals surface area (Å²) in [5.41, 5.74) is 0. The molecule has 1 aromatic rings. The molecule has 0 aromatic carbocycles.